The highest BCUT2D eigenvalue weighted by atomic mass is 79.9. The summed E-state index contributed by atoms with van der Waals surface area (Å²) in [4.78, 5) is 0. The molecule has 1 saturated carbocycles. The molecule has 1 nitrogen and oxygen atoms in total. The molecule has 0 saturated heterocycles. The van der Waals surface area contributed by atoms with E-state index in [9.17, 15) is 4.39 Å². The van der Waals surface area contributed by atoms with Crippen LogP contribution in [0.4, 0.5) is 4.39 Å². The van der Waals surface area contributed by atoms with Crippen LogP contribution in [0.5, 0.6) is 0 Å². The van der Waals surface area contributed by atoms with E-state index in [2.05, 4.69) is 28.2 Å². The summed E-state index contributed by atoms with van der Waals surface area (Å²) in [6.07, 6.45) is 6.42. The molecule has 0 bridgehead atoms. The first kappa shape index (κ1) is 14.0. The van der Waals surface area contributed by atoms with Crippen molar-refractivity contribution in [2.45, 2.75) is 51.6 Å². The van der Waals surface area contributed by atoms with E-state index in [1.54, 1.807) is 6.07 Å². The van der Waals surface area contributed by atoms with Gasteiger partial charge in [-0.25, -0.2) is 4.39 Å². The Hall–Kier alpha value is -0.410. The Bertz CT molecular complexity index is 394. The zero-order chi connectivity index (χ0) is 13.0. The molecular weight excluding hydrogens is 293 g/mol. The molecule has 2 rings (SSSR count). The predicted molar refractivity (Wildman–Crippen MR) is 77.0 cm³/mol. The van der Waals surface area contributed by atoms with E-state index in [1.807, 2.05) is 6.07 Å². The molecule has 0 aliphatic heterocycles. The maximum absolute atomic E-state index is 13.6. The fraction of sp³-hybridized carbons (Fsp3) is 0.600. The molecule has 2 unspecified atom stereocenters. The summed E-state index contributed by atoms with van der Waals surface area (Å²) in [6, 6.07) is 5.70. The van der Waals surface area contributed by atoms with Gasteiger partial charge in [-0.05, 0) is 37.0 Å². The molecule has 18 heavy (non-hydrogen) atoms. The van der Waals surface area contributed by atoms with E-state index < -0.39 is 0 Å². The third-order valence-electron chi connectivity index (χ3n) is 4.00. The van der Waals surface area contributed by atoms with Gasteiger partial charge >= 0.3 is 0 Å². The number of hydrogen-bond donors (Lipinski definition) is 1. The van der Waals surface area contributed by atoms with Crippen molar-refractivity contribution in [1.82, 2.24) is 5.32 Å². The van der Waals surface area contributed by atoms with Gasteiger partial charge in [0, 0.05) is 22.6 Å². The number of halogens is 2. The van der Waals surface area contributed by atoms with Crippen LogP contribution in [-0.2, 0) is 6.54 Å². The molecule has 1 aliphatic carbocycles. The molecular formula is C15H21BrFN. The molecule has 0 spiro atoms. The minimum absolute atomic E-state index is 0.116. The highest BCUT2D eigenvalue weighted by Crippen LogP contribution is 2.27. The smallest absolute Gasteiger partial charge is 0.127 e. The molecule has 1 aromatic carbocycles. The summed E-state index contributed by atoms with van der Waals surface area (Å²) in [5.41, 5.74) is 0.754. The summed E-state index contributed by atoms with van der Waals surface area (Å²) < 4.78 is 14.6. The number of rotatable bonds is 4. The maximum Gasteiger partial charge on any atom is 0.127 e. The van der Waals surface area contributed by atoms with Crippen LogP contribution >= 0.6 is 15.9 Å². The van der Waals surface area contributed by atoms with E-state index >= 15 is 0 Å². The minimum atomic E-state index is -0.116. The predicted octanol–water partition coefficient (Wildman–Crippen LogP) is 4.65. The Morgan fingerprint density at radius 1 is 1.33 bits per heavy atom. The van der Waals surface area contributed by atoms with Crippen LogP contribution in [0.25, 0.3) is 0 Å². The van der Waals surface area contributed by atoms with Gasteiger partial charge in [0.2, 0.25) is 0 Å². The Labute approximate surface area is 117 Å². The Morgan fingerprint density at radius 3 is 2.89 bits per heavy atom. The van der Waals surface area contributed by atoms with Gasteiger partial charge in [-0.3, -0.25) is 0 Å². The summed E-state index contributed by atoms with van der Waals surface area (Å²) in [5.74, 6) is 0.642. The highest BCUT2D eigenvalue weighted by Gasteiger charge is 2.23. The van der Waals surface area contributed by atoms with Gasteiger partial charge in [0.05, 0.1) is 0 Å². The van der Waals surface area contributed by atoms with Crippen molar-refractivity contribution in [2.75, 3.05) is 0 Å². The maximum atomic E-state index is 13.6. The van der Waals surface area contributed by atoms with Crippen molar-refractivity contribution in [3.05, 3.63) is 34.1 Å². The molecule has 1 fully saturated rings. The fourth-order valence-corrected chi connectivity index (χ4v) is 3.29. The second kappa shape index (κ2) is 6.67. The first-order chi connectivity index (χ1) is 8.70. The number of benzene rings is 1. The quantitative estimate of drug-likeness (QED) is 0.853. The normalized spacial score (nSPS) is 24.2. The van der Waals surface area contributed by atoms with Crippen molar-refractivity contribution in [3.63, 3.8) is 0 Å². The van der Waals surface area contributed by atoms with Crippen molar-refractivity contribution in [1.29, 1.82) is 0 Å². The highest BCUT2D eigenvalue weighted by molar-refractivity contribution is 9.10. The standard InChI is InChI=1S/C15H21BrFN/c1-2-11-5-3-4-6-15(11)18-10-12-9-13(16)7-8-14(12)17/h7-9,11,15,18H,2-6,10H2,1H3. The Morgan fingerprint density at radius 2 is 2.11 bits per heavy atom. The van der Waals surface area contributed by atoms with E-state index in [0.717, 1.165) is 16.0 Å². The minimum Gasteiger partial charge on any atom is -0.310 e. The number of hydrogen-bond acceptors (Lipinski definition) is 1. The molecule has 100 valence electrons. The SMILES string of the molecule is CCC1CCCCC1NCc1cc(Br)ccc1F. The van der Waals surface area contributed by atoms with E-state index in [0.29, 0.717) is 12.6 Å². The Balaban J connectivity index is 1.95. The Kier molecular flexibility index (Phi) is 5.19. The van der Waals surface area contributed by atoms with Gasteiger partial charge in [0.1, 0.15) is 5.82 Å². The van der Waals surface area contributed by atoms with Crippen LogP contribution in [0.3, 0.4) is 0 Å². The second-order valence-corrected chi connectivity index (χ2v) is 6.09. The van der Waals surface area contributed by atoms with E-state index in [1.165, 1.54) is 38.2 Å². The second-order valence-electron chi connectivity index (χ2n) is 5.18. The van der Waals surface area contributed by atoms with Crippen LogP contribution in [0.15, 0.2) is 22.7 Å². The topological polar surface area (TPSA) is 12.0 Å². The zero-order valence-corrected chi connectivity index (χ0v) is 12.5. The average molecular weight is 314 g/mol. The molecule has 1 aliphatic rings. The van der Waals surface area contributed by atoms with Gasteiger partial charge < -0.3 is 5.32 Å². The van der Waals surface area contributed by atoms with Gasteiger partial charge in [-0.1, -0.05) is 42.1 Å². The molecule has 3 heteroatoms. The fourth-order valence-electron chi connectivity index (χ4n) is 2.88. The van der Waals surface area contributed by atoms with E-state index in [-0.39, 0.29) is 5.82 Å². The summed E-state index contributed by atoms with van der Waals surface area (Å²) in [5, 5.41) is 3.55. The third kappa shape index (κ3) is 3.55. The van der Waals surface area contributed by atoms with Crippen LogP contribution in [0.2, 0.25) is 0 Å². The van der Waals surface area contributed by atoms with Gasteiger partial charge in [0.25, 0.3) is 0 Å². The van der Waals surface area contributed by atoms with Crippen LogP contribution in [0, 0.1) is 11.7 Å². The number of nitrogens with one attached hydrogen (secondary N) is 1. The molecule has 0 amide bonds. The molecule has 2 atom stereocenters. The van der Waals surface area contributed by atoms with Crippen LogP contribution in [0.1, 0.15) is 44.6 Å². The molecule has 1 aromatic rings. The van der Waals surface area contributed by atoms with Crippen molar-refractivity contribution >= 4 is 15.9 Å². The van der Waals surface area contributed by atoms with Crippen LogP contribution < -0.4 is 5.32 Å². The van der Waals surface area contributed by atoms with Gasteiger partial charge in [-0.2, -0.15) is 0 Å². The monoisotopic (exact) mass is 313 g/mol. The third-order valence-corrected chi connectivity index (χ3v) is 4.49. The molecule has 1 N–H and O–H groups in total. The van der Waals surface area contributed by atoms with Crippen molar-refractivity contribution in [3.8, 4) is 0 Å². The summed E-state index contributed by atoms with van der Waals surface area (Å²) >= 11 is 3.39. The van der Waals surface area contributed by atoms with Crippen LogP contribution in [-0.4, -0.2) is 6.04 Å². The first-order valence-electron chi connectivity index (χ1n) is 6.88. The lowest BCUT2D eigenvalue weighted by Gasteiger charge is -2.31. The average Bonchev–Trinajstić information content (AvgIpc) is 2.40. The van der Waals surface area contributed by atoms with Gasteiger partial charge in [0.15, 0.2) is 0 Å². The van der Waals surface area contributed by atoms with Gasteiger partial charge in [-0.15, -0.1) is 0 Å². The van der Waals surface area contributed by atoms with E-state index in [4.69, 9.17) is 0 Å². The largest absolute Gasteiger partial charge is 0.310 e. The van der Waals surface area contributed by atoms with Crippen molar-refractivity contribution < 1.29 is 4.39 Å². The first-order valence-corrected chi connectivity index (χ1v) is 7.67. The van der Waals surface area contributed by atoms with Crippen molar-refractivity contribution in [2.24, 2.45) is 5.92 Å². The molecule has 0 radical (unpaired) electrons. The molecule has 0 heterocycles. The summed E-state index contributed by atoms with van der Waals surface area (Å²) in [6.45, 7) is 2.89. The lowest BCUT2D eigenvalue weighted by atomic mass is 9.83. The summed E-state index contributed by atoms with van der Waals surface area (Å²) in [7, 11) is 0. The molecule has 0 aromatic heterocycles. The zero-order valence-electron chi connectivity index (χ0n) is 10.9. The lowest BCUT2D eigenvalue weighted by molar-refractivity contribution is 0.253. The lowest BCUT2D eigenvalue weighted by Crippen LogP contribution is -2.38.